The maximum absolute atomic E-state index is 7.49. The van der Waals surface area contributed by atoms with Crippen molar-refractivity contribution in [3.63, 3.8) is 0 Å². The molecule has 3 nitrogen and oxygen atoms in total. The van der Waals surface area contributed by atoms with Gasteiger partial charge in [-0.2, -0.15) is 0 Å². The topological polar surface area (TPSA) is 27.7 Å². The predicted molar refractivity (Wildman–Crippen MR) is 170 cm³/mol. The molecule has 2 unspecified atom stereocenters. The summed E-state index contributed by atoms with van der Waals surface area (Å²) in [6, 6.07) is 17.7. The van der Waals surface area contributed by atoms with Crippen LogP contribution in [0.25, 0.3) is 0 Å². The van der Waals surface area contributed by atoms with Gasteiger partial charge in [-0.3, -0.25) is 0 Å². The van der Waals surface area contributed by atoms with Gasteiger partial charge in [-0.05, 0) is 96.1 Å². The first kappa shape index (κ1) is 30.4. The molecule has 2 atom stereocenters. The van der Waals surface area contributed by atoms with Crippen LogP contribution in [0.4, 0.5) is 0 Å². The van der Waals surface area contributed by atoms with Crippen molar-refractivity contribution in [2.75, 3.05) is 12.5 Å². The molecule has 0 aromatic heterocycles. The van der Waals surface area contributed by atoms with Crippen molar-refractivity contribution in [3.05, 3.63) is 59.7 Å². The first-order valence-electron chi connectivity index (χ1n) is 15.5. The summed E-state index contributed by atoms with van der Waals surface area (Å²) in [5.74, 6) is 3.36. The molecule has 216 valence electrons. The second-order valence-corrected chi connectivity index (χ2v) is 24.1. The number of benzene rings is 2. The van der Waals surface area contributed by atoms with E-state index in [1.807, 2.05) is 0 Å². The second-order valence-electron chi connectivity index (χ2n) is 14.7. The Bertz CT molecular complexity index is 991. The van der Waals surface area contributed by atoms with Gasteiger partial charge >= 0.3 is 0 Å². The Balaban J connectivity index is 1.50. The van der Waals surface area contributed by atoms with Gasteiger partial charge in [0.2, 0.25) is 16.6 Å². The van der Waals surface area contributed by atoms with E-state index in [4.69, 9.17) is 13.6 Å². The fraction of sp³-hybridized carbons (Fsp3) is 0.647. The standard InChI is InChI=1S/C34H54O3Si2/c1-33(2,3)38(7,25-35-31-21-13-19-29(23-31)27-15-9-10-16-27)37-39(8,34(4,5)6)26-36-32-22-14-20-30(24-32)28-17-11-12-18-28/h13-14,19-24,27-28H,9-12,15-18,25-26H2,1-8H3. The summed E-state index contributed by atoms with van der Waals surface area (Å²) in [7, 11) is -4.68. The van der Waals surface area contributed by atoms with Crippen molar-refractivity contribution in [1.29, 1.82) is 0 Å². The molecule has 5 heteroatoms. The minimum absolute atomic E-state index is 0.0258. The van der Waals surface area contributed by atoms with E-state index in [2.05, 4.69) is 103 Å². The zero-order chi connectivity index (χ0) is 28.3. The highest BCUT2D eigenvalue weighted by molar-refractivity contribution is 6.88. The van der Waals surface area contributed by atoms with Gasteiger partial charge in [0.25, 0.3) is 0 Å². The lowest BCUT2D eigenvalue weighted by Gasteiger charge is -2.49. The van der Waals surface area contributed by atoms with Crippen molar-refractivity contribution >= 4 is 16.6 Å². The van der Waals surface area contributed by atoms with Crippen LogP contribution in [0.3, 0.4) is 0 Å². The summed E-state index contributed by atoms with van der Waals surface area (Å²) in [5, 5.41) is 0.0515. The Morgan fingerprint density at radius 2 is 0.974 bits per heavy atom. The molecule has 2 aliphatic carbocycles. The Morgan fingerprint density at radius 1 is 0.615 bits per heavy atom. The van der Waals surface area contributed by atoms with Crippen LogP contribution in [-0.2, 0) is 4.12 Å². The van der Waals surface area contributed by atoms with Crippen molar-refractivity contribution in [3.8, 4) is 11.5 Å². The Hall–Kier alpha value is -1.57. The van der Waals surface area contributed by atoms with E-state index >= 15 is 0 Å². The van der Waals surface area contributed by atoms with Crippen LogP contribution in [0.5, 0.6) is 11.5 Å². The molecule has 2 aromatic rings. The molecule has 0 amide bonds. The summed E-state index contributed by atoms with van der Waals surface area (Å²) < 4.78 is 20.7. The Labute approximate surface area is 241 Å². The molecule has 4 rings (SSSR count). The van der Waals surface area contributed by atoms with Gasteiger partial charge in [0.1, 0.15) is 24.0 Å². The summed E-state index contributed by atoms with van der Waals surface area (Å²) in [4.78, 5) is 0. The van der Waals surface area contributed by atoms with Crippen LogP contribution >= 0.6 is 0 Å². The smallest absolute Gasteiger partial charge is 0.221 e. The maximum atomic E-state index is 7.49. The molecule has 39 heavy (non-hydrogen) atoms. The van der Waals surface area contributed by atoms with Crippen molar-refractivity contribution < 1.29 is 13.6 Å². The summed E-state index contributed by atoms with van der Waals surface area (Å²) in [6.07, 6.45) is 11.9. The molecule has 0 N–H and O–H groups in total. The number of rotatable bonds is 10. The predicted octanol–water partition coefficient (Wildman–Crippen LogP) is 10.3. The van der Waals surface area contributed by atoms with Gasteiger partial charge in [-0.15, -0.1) is 0 Å². The molecular formula is C34H54O3Si2. The van der Waals surface area contributed by atoms with Gasteiger partial charge in [-0.25, -0.2) is 0 Å². The van der Waals surface area contributed by atoms with Crippen molar-refractivity contribution in [2.24, 2.45) is 0 Å². The second kappa shape index (κ2) is 12.1. The number of hydrogen-bond acceptors (Lipinski definition) is 3. The minimum atomic E-state index is -2.34. The zero-order valence-corrected chi connectivity index (χ0v) is 28.1. The molecule has 0 heterocycles. The highest BCUT2D eigenvalue weighted by Gasteiger charge is 2.53. The minimum Gasteiger partial charge on any atom is -0.494 e. The van der Waals surface area contributed by atoms with E-state index < -0.39 is 16.6 Å². The first-order chi connectivity index (χ1) is 18.3. The molecule has 2 aliphatic rings. The molecule has 2 fully saturated rings. The van der Waals surface area contributed by atoms with Gasteiger partial charge in [-0.1, -0.05) is 91.5 Å². The van der Waals surface area contributed by atoms with E-state index in [1.54, 1.807) is 0 Å². The normalized spacial score (nSPS) is 20.5. The SMILES string of the molecule is CC(C)(C)[Si](C)(COc1cccc(C2CCCC2)c1)O[Si](C)(COc1cccc(C2CCCC2)c1)C(C)(C)C. The van der Waals surface area contributed by atoms with Crippen LogP contribution in [0.2, 0.25) is 23.2 Å². The quantitative estimate of drug-likeness (QED) is 0.268. The van der Waals surface area contributed by atoms with Crippen LogP contribution in [0.1, 0.15) is 116 Å². The van der Waals surface area contributed by atoms with Gasteiger partial charge < -0.3 is 13.6 Å². The summed E-state index contributed by atoms with van der Waals surface area (Å²) in [6.45, 7) is 18.8. The molecule has 0 bridgehead atoms. The average Bonchev–Trinajstić information content (AvgIpc) is 3.60. The highest BCUT2D eigenvalue weighted by atomic mass is 28.4. The molecule has 0 aliphatic heterocycles. The van der Waals surface area contributed by atoms with Crippen LogP contribution in [-0.4, -0.2) is 29.1 Å². The molecule has 2 aromatic carbocycles. The van der Waals surface area contributed by atoms with Crippen LogP contribution in [0, 0.1) is 0 Å². The van der Waals surface area contributed by atoms with E-state index in [0.29, 0.717) is 24.3 Å². The third-order valence-electron chi connectivity index (χ3n) is 10.0. The maximum Gasteiger partial charge on any atom is 0.221 e. The average molecular weight is 567 g/mol. The lowest BCUT2D eigenvalue weighted by atomic mass is 9.98. The van der Waals surface area contributed by atoms with Crippen LogP contribution in [0.15, 0.2) is 48.5 Å². The van der Waals surface area contributed by atoms with Crippen molar-refractivity contribution in [2.45, 2.75) is 128 Å². The van der Waals surface area contributed by atoms with Gasteiger partial charge in [0.15, 0.2) is 0 Å². The van der Waals surface area contributed by atoms with Crippen molar-refractivity contribution in [1.82, 2.24) is 0 Å². The molecule has 0 radical (unpaired) electrons. The summed E-state index contributed by atoms with van der Waals surface area (Å²) in [5.41, 5.74) is 2.87. The molecular weight excluding hydrogens is 513 g/mol. The lowest BCUT2D eigenvalue weighted by molar-refractivity contribution is 0.300. The van der Waals surface area contributed by atoms with Gasteiger partial charge in [0.05, 0.1) is 0 Å². The summed E-state index contributed by atoms with van der Waals surface area (Å²) >= 11 is 0. The fourth-order valence-electron chi connectivity index (χ4n) is 5.97. The monoisotopic (exact) mass is 566 g/mol. The first-order valence-corrected chi connectivity index (χ1v) is 20.7. The third kappa shape index (κ3) is 7.39. The van der Waals surface area contributed by atoms with E-state index in [0.717, 1.165) is 11.5 Å². The largest absolute Gasteiger partial charge is 0.494 e. The molecule has 0 spiro atoms. The Kier molecular flexibility index (Phi) is 9.45. The number of hydrogen-bond donors (Lipinski definition) is 0. The fourth-order valence-corrected chi connectivity index (χ4v) is 14.6. The van der Waals surface area contributed by atoms with Gasteiger partial charge in [0, 0.05) is 0 Å². The molecule has 2 saturated carbocycles. The number of ether oxygens (including phenoxy) is 2. The third-order valence-corrected chi connectivity index (χ3v) is 21.4. The zero-order valence-electron chi connectivity index (χ0n) is 26.1. The van der Waals surface area contributed by atoms with E-state index in [-0.39, 0.29) is 10.1 Å². The van der Waals surface area contributed by atoms with Crippen LogP contribution < -0.4 is 9.47 Å². The molecule has 0 saturated heterocycles. The lowest BCUT2D eigenvalue weighted by Crippen LogP contribution is -2.62. The highest BCUT2D eigenvalue weighted by Crippen LogP contribution is 2.46. The van der Waals surface area contributed by atoms with E-state index in [1.165, 1.54) is 62.5 Å². The van der Waals surface area contributed by atoms with E-state index in [9.17, 15) is 0 Å². The Morgan fingerprint density at radius 3 is 1.31 bits per heavy atom.